The van der Waals surface area contributed by atoms with Gasteiger partial charge in [0.2, 0.25) is 5.91 Å². The molecule has 4 heteroatoms. The first-order chi connectivity index (χ1) is 9.45. The van der Waals surface area contributed by atoms with Crippen molar-refractivity contribution < 1.29 is 14.6 Å². The van der Waals surface area contributed by atoms with E-state index >= 15 is 0 Å². The quantitative estimate of drug-likeness (QED) is 0.809. The third-order valence-electron chi connectivity index (χ3n) is 3.07. The highest BCUT2D eigenvalue weighted by Crippen LogP contribution is 2.20. The van der Waals surface area contributed by atoms with Crippen LogP contribution in [-0.4, -0.2) is 30.8 Å². The van der Waals surface area contributed by atoms with Crippen molar-refractivity contribution in [3.05, 3.63) is 24.3 Å². The van der Waals surface area contributed by atoms with E-state index in [1.165, 1.54) is 4.90 Å². The molecule has 1 aromatic carbocycles. The summed E-state index contributed by atoms with van der Waals surface area (Å²) in [5.41, 5.74) is 0.749. The van der Waals surface area contributed by atoms with Crippen molar-refractivity contribution >= 4 is 11.6 Å². The Labute approximate surface area is 120 Å². The normalized spacial score (nSPS) is 11.8. The van der Waals surface area contributed by atoms with Crippen LogP contribution in [0, 0.1) is 18.3 Å². The Morgan fingerprint density at radius 2 is 2.00 bits per heavy atom. The molecule has 0 saturated carbocycles. The maximum Gasteiger partial charge on any atom is 0.229 e. The van der Waals surface area contributed by atoms with Crippen LogP contribution in [0.3, 0.4) is 0 Å². The molecule has 1 rings (SSSR count). The maximum absolute atomic E-state index is 12.0. The van der Waals surface area contributed by atoms with Gasteiger partial charge in [-0.25, -0.2) is 0 Å². The lowest BCUT2D eigenvalue weighted by molar-refractivity contribution is -0.120. The Morgan fingerprint density at radius 1 is 1.40 bits per heavy atom. The van der Waals surface area contributed by atoms with Crippen LogP contribution in [0.15, 0.2) is 24.3 Å². The van der Waals surface area contributed by atoms with Gasteiger partial charge in [0.05, 0.1) is 12.5 Å². The SMILES string of the molecule is C#CCOc1ccc(N(C)C(=O)CC(O)C(C)C)cc1. The molecule has 0 fully saturated rings. The van der Waals surface area contributed by atoms with Crippen LogP contribution >= 0.6 is 0 Å². The summed E-state index contributed by atoms with van der Waals surface area (Å²) in [7, 11) is 1.69. The number of carbonyl (C=O) groups is 1. The van der Waals surface area contributed by atoms with E-state index in [1.54, 1.807) is 31.3 Å². The van der Waals surface area contributed by atoms with Gasteiger partial charge in [0, 0.05) is 12.7 Å². The van der Waals surface area contributed by atoms with Gasteiger partial charge in [0.25, 0.3) is 0 Å². The highest BCUT2D eigenvalue weighted by atomic mass is 16.5. The van der Waals surface area contributed by atoms with E-state index in [-0.39, 0.29) is 24.9 Å². The van der Waals surface area contributed by atoms with E-state index in [2.05, 4.69) is 5.92 Å². The molecule has 1 atom stereocenters. The number of hydrogen-bond acceptors (Lipinski definition) is 3. The summed E-state index contributed by atoms with van der Waals surface area (Å²) < 4.78 is 5.27. The van der Waals surface area contributed by atoms with Crippen molar-refractivity contribution in [1.82, 2.24) is 0 Å². The van der Waals surface area contributed by atoms with Crippen LogP contribution in [0.1, 0.15) is 20.3 Å². The fourth-order valence-corrected chi connectivity index (χ4v) is 1.59. The Bertz CT molecular complexity index is 473. The molecule has 0 radical (unpaired) electrons. The monoisotopic (exact) mass is 275 g/mol. The zero-order valence-electron chi connectivity index (χ0n) is 12.2. The zero-order chi connectivity index (χ0) is 15.1. The van der Waals surface area contributed by atoms with Gasteiger partial charge < -0.3 is 14.7 Å². The summed E-state index contributed by atoms with van der Waals surface area (Å²) in [5.74, 6) is 2.99. The van der Waals surface area contributed by atoms with E-state index in [0.717, 1.165) is 5.69 Å². The molecule has 0 aliphatic rings. The molecule has 0 aliphatic carbocycles. The van der Waals surface area contributed by atoms with Crippen molar-refractivity contribution in [2.45, 2.75) is 26.4 Å². The number of terminal acetylenes is 1. The number of nitrogens with zero attached hydrogens (tertiary/aromatic N) is 1. The van der Waals surface area contributed by atoms with Crippen LogP contribution in [0.25, 0.3) is 0 Å². The molecule has 1 N–H and O–H groups in total. The van der Waals surface area contributed by atoms with E-state index < -0.39 is 6.10 Å². The van der Waals surface area contributed by atoms with Crippen molar-refractivity contribution in [2.24, 2.45) is 5.92 Å². The minimum Gasteiger partial charge on any atom is -0.481 e. The number of hydrogen-bond donors (Lipinski definition) is 1. The topological polar surface area (TPSA) is 49.8 Å². The highest BCUT2D eigenvalue weighted by molar-refractivity contribution is 5.93. The van der Waals surface area contributed by atoms with E-state index in [4.69, 9.17) is 11.2 Å². The summed E-state index contributed by atoms with van der Waals surface area (Å²) in [6.45, 7) is 3.99. The molecule has 1 aromatic rings. The fourth-order valence-electron chi connectivity index (χ4n) is 1.59. The van der Waals surface area contributed by atoms with Gasteiger partial charge in [-0.1, -0.05) is 19.8 Å². The average molecular weight is 275 g/mol. The van der Waals surface area contributed by atoms with Crippen LogP contribution in [0.5, 0.6) is 5.75 Å². The lowest BCUT2D eigenvalue weighted by atomic mass is 10.0. The lowest BCUT2D eigenvalue weighted by Crippen LogP contribution is -2.31. The molecular weight excluding hydrogens is 254 g/mol. The van der Waals surface area contributed by atoms with Crippen molar-refractivity contribution in [3.8, 4) is 18.1 Å². The van der Waals surface area contributed by atoms with Crippen LogP contribution in [0.4, 0.5) is 5.69 Å². The number of aliphatic hydroxyl groups excluding tert-OH is 1. The number of anilines is 1. The largest absolute Gasteiger partial charge is 0.481 e. The van der Waals surface area contributed by atoms with Gasteiger partial charge in [-0.05, 0) is 30.2 Å². The van der Waals surface area contributed by atoms with Gasteiger partial charge >= 0.3 is 0 Å². The average Bonchev–Trinajstić information content (AvgIpc) is 2.44. The molecule has 1 amide bonds. The van der Waals surface area contributed by atoms with Gasteiger partial charge in [-0.2, -0.15) is 0 Å². The number of carbonyl (C=O) groups excluding carboxylic acids is 1. The molecule has 0 aromatic heterocycles. The second kappa shape index (κ2) is 7.56. The first-order valence-electron chi connectivity index (χ1n) is 6.56. The summed E-state index contributed by atoms with van der Waals surface area (Å²) in [6, 6.07) is 7.08. The minimum absolute atomic E-state index is 0.0619. The Hall–Kier alpha value is -1.99. The first-order valence-corrected chi connectivity index (χ1v) is 6.56. The number of benzene rings is 1. The lowest BCUT2D eigenvalue weighted by Gasteiger charge is -2.21. The molecule has 4 nitrogen and oxygen atoms in total. The Morgan fingerprint density at radius 3 is 2.50 bits per heavy atom. The van der Waals surface area contributed by atoms with E-state index in [1.807, 2.05) is 13.8 Å². The second-order valence-electron chi connectivity index (χ2n) is 4.95. The van der Waals surface area contributed by atoms with Gasteiger partial charge in [-0.15, -0.1) is 6.42 Å². The first kappa shape index (κ1) is 16.1. The second-order valence-corrected chi connectivity index (χ2v) is 4.95. The summed E-state index contributed by atoms with van der Waals surface area (Å²) in [4.78, 5) is 13.5. The summed E-state index contributed by atoms with van der Waals surface area (Å²) in [6.07, 6.45) is 4.61. The number of ether oxygens (including phenoxy) is 1. The van der Waals surface area contributed by atoms with Crippen LogP contribution in [0.2, 0.25) is 0 Å². The zero-order valence-corrected chi connectivity index (χ0v) is 12.2. The molecule has 1 unspecified atom stereocenters. The van der Waals surface area contributed by atoms with Crippen molar-refractivity contribution in [1.29, 1.82) is 0 Å². The maximum atomic E-state index is 12.0. The smallest absolute Gasteiger partial charge is 0.229 e. The standard InChI is InChI=1S/C16H21NO3/c1-5-10-20-14-8-6-13(7-9-14)17(4)16(19)11-15(18)12(2)3/h1,6-9,12,15,18H,10-11H2,2-4H3. The van der Waals surface area contributed by atoms with Crippen LogP contribution < -0.4 is 9.64 Å². The van der Waals surface area contributed by atoms with Crippen molar-refractivity contribution in [2.75, 3.05) is 18.6 Å². The molecule has 0 bridgehead atoms. The third kappa shape index (κ3) is 4.60. The third-order valence-corrected chi connectivity index (χ3v) is 3.07. The fraction of sp³-hybridized carbons (Fsp3) is 0.438. The highest BCUT2D eigenvalue weighted by Gasteiger charge is 2.18. The van der Waals surface area contributed by atoms with E-state index in [0.29, 0.717) is 5.75 Å². The van der Waals surface area contributed by atoms with E-state index in [9.17, 15) is 9.90 Å². The summed E-state index contributed by atoms with van der Waals surface area (Å²) >= 11 is 0. The molecular formula is C16H21NO3. The van der Waals surface area contributed by atoms with Crippen LogP contribution in [-0.2, 0) is 4.79 Å². The number of aliphatic hydroxyl groups is 1. The predicted molar refractivity (Wildman–Crippen MR) is 79.6 cm³/mol. The molecule has 0 spiro atoms. The Kier molecular flexibility index (Phi) is 6.08. The van der Waals surface area contributed by atoms with Crippen molar-refractivity contribution in [3.63, 3.8) is 0 Å². The minimum atomic E-state index is -0.622. The molecule has 0 aliphatic heterocycles. The molecule has 0 heterocycles. The molecule has 108 valence electrons. The van der Waals surface area contributed by atoms with Gasteiger partial charge in [0.15, 0.2) is 0 Å². The molecule has 0 saturated heterocycles. The predicted octanol–water partition coefficient (Wildman–Crippen LogP) is 2.07. The number of rotatable bonds is 6. The van der Waals surface area contributed by atoms with Gasteiger partial charge in [-0.3, -0.25) is 4.79 Å². The summed E-state index contributed by atoms with van der Waals surface area (Å²) in [5, 5.41) is 9.75. The molecule has 20 heavy (non-hydrogen) atoms. The van der Waals surface area contributed by atoms with Gasteiger partial charge in [0.1, 0.15) is 12.4 Å². The number of amides is 1. The Balaban J connectivity index is 2.65.